The fourth-order valence-corrected chi connectivity index (χ4v) is 2.36. The monoisotopic (exact) mass is 278 g/mol. The van der Waals surface area contributed by atoms with Gasteiger partial charge in [0.05, 0.1) is 0 Å². The molecular formula is C11H19ClN2O4. The van der Waals surface area contributed by atoms with Gasteiger partial charge in [0.15, 0.2) is 0 Å². The lowest BCUT2D eigenvalue weighted by Crippen LogP contribution is -2.46. The molecule has 6 nitrogen and oxygen atoms in total. The number of carbonyl (C=O) groups excluding carboxylic acids is 1. The normalized spacial score (nSPS) is 18.1. The van der Waals surface area contributed by atoms with Crippen molar-refractivity contribution in [3.63, 3.8) is 0 Å². The van der Waals surface area contributed by atoms with Crippen LogP contribution in [0.25, 0.3) is 0 Å². The lowest BCUT2D eigenvalue weighted by Gasteiger charge is -2.29. The highest BCUT2D eigenvalue weighted by molar-refractivity contribution is 6.17. The third-order valence-electron chi connectivity index (χ3n) is 3.11. The second kappa shape index (κ2) is 8.16. The van der Waals surface area contributed by atoms with Crippen molar-refractivity contribution < 1.29 is 19.4 Å². The van der Waals surface area contributed by atoms with Crippen LogP contribution in [-0.2, 0) is 9.53 Å². The van der Waals surface area contributed by atoms with Crippen LogP contribution in [-0.4, -0.2) is 36.2 Å². The third kappa shape index (κ3) is 5.10. The molecule has 0 aromatic rings. The second-order valence-electron chi connectivity index (χ2n) is 4.31. The number of carboxylic acid groups (broad SMARTS) is 1. The summed E-state index contributed by atoms with van der Waals surface area (Å²) in [5, 5.41) is 8.46. The molecule has 0 aromatic carbocycles. The minimum Gasteiger partial charge on any atom is -0.464 e. The van der Waals surface area contributed by atoms with Crippen LogP contribution in [0.2, 0.25) is 0 Å². The average Bonchev–Trinajstić information content (AvgIpc) is 2.38. The molecule has 18 heavy (non-hydrogen) atoms. The number of alkyl halides is 1. The van der Waals surface area contributed by atoms with Gasteiger partial charge in [-0.1, -0.05) is 0 Å². The summed E-state index contributed by atoms with van der Waals surface area (Å²) in [6.45, 7) is 1.31. The lowest BCUT2D eigenvalue weighted by molar-refractivity contribution is -0.129. The van der Waals surface area contributed by atoms with Crippen LogP contribution in [0, 0.1) is 11.8 Å². The molecule has 1 aliphatic heterocycles. The molecule has 1 rings (SSSR count). The van der Waals surface area contributed by atoms with Gasteiger partial charge < -0.3 is 9.84 Å². The van der Waals surface area contributed by atoms with Gasteiger partial charge in [-0.25, -0.2) is 10.2 Å². The Morgan fingerprint density at radius 2 is 2.00 bits per heavy atom. The van der Waals surface area contributed by atoms with Crippen LogP contribution in [0.15, 0.2) is 0 Å². The van der Waals surface area contributed by atoms with Crippen LogP contribution in [0.1, 0.15) is 25.7 Å². The zero-order valence-corrected chi connectivity index (χ0v) is 10.9. The number of ether oxygens (including phenoxy) is 1. The number of nitrogens with one attached hydrogen (secondary N) is 2. The molecule has 0 bridgehead atoms. The highest BCUT2D eigenvalue weighted by atomic mass is 35.5. The summed E-state index contributed by atoms with van der Waals surface area (Å²) in [4.78, 5) is 22.3. The Morgan fingerprint density at radius 3 is 2.56 bits per heavy atom. The van der Waals surface area contributed by atoms with E-state index in [1.165, 1.54) is 0 Å². The summed E-state index contributed by atoms with van der Waals surface area (Å²) in [7, 11) is 0. The Morgan fingerprint density at radius 1 is 1.33 bits per heavy atom. The summed E-state index contributed by atoms with van der Waals surface area (Å²) >= 11 is 5.65. The van der Waals surface area contributed by atoms with Crippen LogP contribution in [0.4, 0.5) is 4.79 Å². The Balaban J connectivity index is 2.52. The quantitative estimate of drug-likeness (QED) is 0.523. The molecule has 1 atom stereocenters. The Bertz CT molecular complexity index is 282. The third-order valence-corrected chi connectivity index (χ3v) is 3.38. The first-order chi connectivity index (χ1) is 8.65. The molecule has 104 valence electrons. The van der Waals surface area contributed by atoms with Gasteiger partial charge in [-0.3, -0.25) is 10.2 Å². The number of hydrogen-bond acceptors (Lipinski definition) is 3. The fraction of sp³-hybridized carbons (Fsp3) is 0.818. The molecule has 0 radical (unpaired) electrons. The van der Waals surface area contributed by atoms with Gasteiger partial charge in [0, 0.05) is 25.0 Å². The van der Waals surface area contributed by atoms with E-state index in [0.717, 1.165) is 19.3 Å². The van der Waals surface area contributed by atoms with Gasteiger partial charge >= 0.3 is 6.09 Å². The summed E-state index contributed by atoms with van der Waals surface area (Å²) in [5.74, 6) is 0.241. The van der Waals surface area contributed by atoms with Crippen LogP contribution in [0.5, 0.6) is 0 Å². The minimum atomic E-state index is -1.27. The van der Waals surface area contributed by atoms with Crippen molar-refractivity contribution in [2.24, 2.45) is 11.8 Å². The number of carbonyl (C=O) groups is 2. The highest BCUT2D eigenvalue weighted by Gasteiger charge is 2.29. The van der Waals surface area contributed by atoms with Crippen molar-refractivity contribution in [1.82, 2.24) is 10.9 Å². The first-order valence-electron chi connectivity index (χ1n) is 6.07. The Kier molecular flexibility index (Phi) is 6.82. The number of rotatable bonds is 5. The zero-order valence-electron chi connectivity index (χ0n) is 10.2. The predicted octanol–water partition coefficient (Wildman–Crippen LogP) is 1.35. The first kappa shape index (κ1) is 15.0. The van der Waals surface area contributed by atoms with Gasteiger partial charge in [-0.2, -0.15) is 0 Å². The standard InChI is InChI=1S/C11H19ClN2O4/c12-5-1-2-9(8-3-6-18-7-4-8)10(15)13-14-11(16)17/h8-9,14H,1-7H2,(H,13,15)(H,16,17). The largest absolute Gasteiger partial charge is 0.464 e. The number of hydrogen-bond donors (Lipinski definition) is 3. The van der Waals surface area contributed by atoms with Gasteiger partial charge in [0.1, 0.15) is 0 Å². The molecule has 7 heteroatoms. The van der Waals surface area contributed by atoms with E-state index in [1.54, 1.807) is 0 Å². The van der Waals surface area contributed by atoms with Crippen LogP contribution in [0.3, 0.4) is 0 Å². The van der Waals surface area contributed by atoms with E-state index >= 15 is 0 Å². The zero-order chi connectivity index (χ0) is 13.4. The fourth-order valence-electron chi connectivity index (χ4n) is 2.20. The maximum absolute atomic E-state index is 11.9. The number of hydrazine groups is 1. The van der Waals surface area contributed by atoms with Crippen molar-refractivity contribution in [3.05, 3.63) is 0 Å². The Labute approximate surface area is 111 Å². The van der Waals surface area contributed by atoms with Crippen molar-refractivity contribution in [3.8, 4) is 0 Å². The van der Waals surface area contributed by atoms with Gasteiger partial charge in [-0.05, 0) is 31.6 Å². The van der Waals surface area contributed by atoms with Crippen molar-refractivity contribution in [2.45, 2.75) is 25.7 Å². The molecule has 0 aromatic heterocycles. The molecule has 1 unspecified atom stereocenters. The van der Waals surface area contributed by atoms with E-state index < -0.39 is 6.09 Å². The predicted molar refractivity (Wildman–Crippen MR) is 66.3 cm³/mol. The summed E-state index contributed by atoms with van der Waals surface area (Å²) in [6.07, 6.45) is 1.79. The maximum atomic E-state index is 11.9. The molecular weight excluding hydrogens is 260 g/mol. The molecule has 1 saturated heterocycles. The molecule has 2 amide bonds. The van der Waals surface area contributed by atoms with E-state index in [1.807, 2.05) is 5.43 Å². The molecule has 0 spiro atoms. The average molecular weight is 279 g/mol. The summed E-state index contributed by atoms with van der Waals surface area (Å²) in [6, 6.07) is 0. The van der Waals surface area contributed by atoms with Gasteiger partial charge in [-0.15, -0.1) is 11.6 Å². The van der Waals surface area contributed by atoms with Gasteiger partial charge in [0.25, 0.3) is 0 Å². The molecule has 1 fully saturated rings. The van der Waals surface area contributed by atoms with Crippen molar-refractivity contribution in [2.75, 3.05) is 19.1 Å². The molecule has 1 aliphatic rings. The van der Waals surface area contributed by atoms with Gasteiger partial charge in [0.2, 0.25) is 5.91 Å². The lowest BCUT2D eigenvalue weighted by atomic mass is 9.82. The van der Waals surface area contributed by atoms with Crippen LogP contribution < -0.4 is 10.9 Å². The Hall–Kier alpha value is -1.01. The van der Waals surface area contributed by atoms with Crippen molar-refractivity contribution >= 4 is 23.6 Å². The van der Waals surface area contributed by atoms with Crippen LogP contribution >= 0.6 is 11.6 Å². The molecule has 0 aliphatic carbocycles. The smallest absolute Gasteiger partial charge is 0.423 e. The maximum Gasteiger partial charge on any atom is 0.423 e. The topological polar surface area (TPSA) is 87.7 Å². The molecule has 1 heterocycles. The van der Waals surface area contributed by atoms with E-state index in [9.17, 15) is 9.59 Å². The summed E-state index contributed by atoms with van der Waals surface area (Å²) < 4.78 is 5.26. The number of amides is 2. The molecule has 0 saturated carbocycles. The first-order valence-corrected chi connectivity index (χ1v) is 6.61. The van der Waals surface area contributed by atoms with E-state index in [0.29, 0.717) is 25.5 Å². The second-order valence-corrected chi connectivity index (χ2v) is 4.68. The summed E-state index contributed by atoms with van der Waals surface area (Å²) in [5.41, 5.74) is 4.11. The SMILES string of the molecule is O=C(O)NNC(=O)C(CCCCl)C1CCOCC1. The van der Waals surface area contributed by atoms with E-state index in [2.05, 4.69) is 5.43 Å². The van der Waals surface area contributed by atoms with Crippen molar-refractivity contribution in [1.29, 1.82) is 0 Å². The minimum absolute atomic E-state index is 0.209. The van der Waals surface area contributed by atoms with E-state index in [-0.39, 0.29) is 17.7 Å². The van der Waals surface area contributed by atoms with E-state index in [4.69, 9.17) is 21.4 Å². The number of halogens is 1. The molecule has 3 N–H and O–H groups in total. The highest BCUT2D eigenvalue weighted by Crippen LogP contribution is 2.27.